The number of carbonyl (C=O) groups is 1. The molecule has 3 fully saturated rings. The van der Waals surface area contributed by atoms with Gasteiger partial charge in [-0.3, -0.25) is 9.69 Å². The third-order valence-corrected chi connectivity index (χ3v) is 7.33. The van der Waals surface area contributed by atoms with Gasteiger partial charge in [0.2, 0.25) is 0 Å². The van der Waals surface area contributed by atoms with E-state index in [1.807, 2.05) is 0 Å². The van der Waals surface area contributed by atoms with Crippen molar-refractivity contribution in [2.75, 3.05) is 32.9 Å². The van der Waals surface area contributed by atoms with Crippen molar-refractivity contribution >= 4 is 5.78 Å². The Labute approximate surface area is 162 Å². The Balaban J connectivity index is 1.14. The first-order valence-electron chi connectivity index (χ1n) is 10.7. The van der Waals surface area contributed by atoms with Gasteiger partial charge in [-0.05, 0) is 68.7 Å². The average molecular weight is 370 g/mol. The number of nitrogens with zero attached hydrogens (tertiary/aromatic N) is 1. The first-order valence-corrected chi connectivity index (χ1v) is 10.7. The molecule has 1 unspecified atom stereocenters. The number of benzene rings is 1. The zero-order chi connectivity index (χ0) is 18.4. The lowest BCUT2D eigenvalue weighted by molar-refractivity contribution is -0.129. The van der Waals surface area contributed by atoms with Crippen molar-refractivity contribution in [2.45, 2.75) is 51.5 Å². The lowest BCUT2D eigenvalue weighted by Gasteiger charge is -2.55. The van der Waals surface area contributed by atoms with Crippen LogP contribution in [0.15, 0.2) is 18.2 Å². The van der Waals surface area contributed by atoms with Crippen molar-refractivity contribution in [1.29, 1.82) is 0 Å². The predicted octanol–water partition coefficient (Wildman–Crippen LogP) is 3.26. The lowest BCUT2D eigenvalue weighted by Crippen LogP contribution is -2.63. The highest BCUT2D eigenvalue weighted by Gasteiger charge is 2.51. The van der Waals surface area contributed by atoms with Crippen LogP contribution in [0.25, 0.3) is 0 Å². The number of hydrogen-bond donors (Lipinski definition) is 0. The van der Waals surface area contributed by atoms with Gasteiger partial charge in [0.05, 0.1) is 13.2 Å². The molecule has 1 spiro atoms. The normalized spacial score (nSPS) is 31.8. The summed E-state index contributed by atoms with van der Waals surface area (Å²) in [5.41, 5.74) is 3.44. The molecule has 1 atom stereocenters. The van der Waals surface area contributed by atoms with E-state index in [1.165, 1.54) is 43.5 Å². The lowest BCUT2D eigenvalue weighted by atomic mass is 9.70. The minimum Gasteiger partial charge on any atom is -0.493 e. The summed E-state index contributed by atoms with van der Waals surface area (Å²) in [5, 5.41) is 0. The third-order valence-electron chi connectivity index (χ3n) is 7.33. The van der Waals surface area contributed by atoms with Crippen molar-refractivity contribution in [3.8, 4) is 5.75 Å². The van der Waals surface area contributed by atoms with Gasteiger partial charge in [0.1, 0.15) is 11.5 Å². The van der Waals surface area contributed by atoms with E-state index in [-0.39, 0.29) is 0 Å². The molecule has 4 nitrogen and oxygen atoms in total. The smallest absolute Gasteiger partial charge is 0.133 e. The Morgan fingerprint density at radius 2 is 2.07 bits per heavy atom. The van der Waals surface area contributed by atoms with E-state index in [4.69, 9.17) is 9.47 Å². The molecule has 1 aromatic rings. The zero-order valence-electron chi connectivity index (χ0n) is 16.4. The minimum absolute atomic E-state index is 0.335. The first kappa shape index (κ1) is 17.7. The van der Waals surface area contributed by atoms with Crippen molar-refractivity contribution in [3.63, 3.8) is 0 Å². The summed E-state index contributed by atoms with van der Waals surface area (Å²) in [6, 6.07) is 7.38. The first-order chi connectivity index (χ1) is 13.1. The second-order valence-electron chi connectivity index (χ2n) is 9.52. The Hall–Kier alpha value is -1.39. The Bertz CT molecular complexity index is 712. The molecular formula is C23H31NO3. The van der Waals surface area contributed by atoms with Crippen LogP contribution in [-0.4, -0.2) is 49.6 Å². The van der Waals surface area contributed by atoms with E-state index >= 15 is 0 Å². The van der Waals surface area contributed by atoms with E-state index < -0.39 is 0 Å². The fourth-order valence-corrected chi connectivity index (χ4v) is 5.57. The van der Waals surface area contributed by atoms with Gasteiger partial charge < -0.3 is 9.47 Å². The second kappa shape index (κ2) is 6.89. The second-order valence-corrected chi connectivity index (χ2v) is 9.52. The molecule has 4 heteroatoms. The van der Waals surface area contributed by atoms with Gasteiger partial charge in [-0.25, -0.2) is 0 Å². The number of Topliss-reactive ketones (excluding diaryl/α,β-unsaturated/α-hetero) is 1. The van der Waals surface area contributed by atoms with E-state index in [9.17, 15) is 4.79 Å². The van der Waals surface area contributed by atoms with Crippen molar-refractivity contribution in [2.24, 2.45) is 17.3 Å². The summed E-state index contributed by atoms with van der Waals surface area (Å²) in [4.78, 5) is 14.1. The molecule has 4 aliphatic rings. The molecule has 5 rings (SSSR count). The molecule has 0 bridgehead atoms. The molecule has 1 aromatic carbocycles. The van der Waals surface area contributed by atoms with E-state index in [2.05, 4.69) is 23.1 Å². The molecule has 1 saturated carbocycles. The van der Waals surface area contributed by atoms with Gasteiger partial charge in [0, 0.05) is 43.0 Å². The maximum absolute atomic E-state index is 11.4. The number of hydrogen-bond acceptors (Lipinski definition) is 4. The molecule has 0 radical (unpaired) electrons. The van der Waals surface area contributed by atoms with Crippen LogP contribution in [-0.2, 0) is 22.4 Å². The molecule has 146 valence electrons. The monoisotopic (exact) mass is 369 g/mol. The predicted molar refractivity (Wildman–Crippen MR) is 104 cm³/mol. The molecule has 0 N–H and O–H groups in total. The standard InChI is InChI=1S/C23H31NO3/c1-16(25)19-7-21(8-19)24-14-23(15-24)10-18-4-5-22(9-20(18)11-23)27-13-17-3-2-6-26-12-17/h4-5,9,17,19,21H,2-3,6-8,10-15H2,1H3. The molecule has 2 aliphatic heterocycles. The zero-order valence-corrected chi connectivity index (χ0v) is 16.4. The van der Waals surface area contributed by atoms with Crippen molar-refractivity contribution < 1.29 is 14.3 Å². The van der Waals surface area contributed by atoms with Crippen molar-refractivity contribution in [3.05, 3.63) is 29.3 Å². The Morgan fingerprint density at radius 3 is 2.81 bits per heavy atom. The Morgan fingerprint density at radius 1 is 1.26 bits per heavy atom. The SMILES string of the molecule is CC(=O)C1CC(N2CC3(Cc4ccc(OCC5CCCOC5)cc4C3)C2)C1. The van der Waals surface area contributed by atoms with Crippen LogP contribution in [0, 0.1) is 17.3 Å². The molecule has 27 heavy (non-hydrogen) atoms. The van der Waals surface area contributed by atoms with Gasteiger partial charge in [0.25, 0.3) is 0 Å². The van der Waals surface area contributed by atoms with E-state index in [0.29, 0.717) is 29.1 Å². The van der Waals surface area contributed by atoms with Crippen LogP contribution in [0.2, 0.25) is 0 Å². The van der Waals surface area contributed by atoms with Gasteiger partial charge >= 0.3 is 0 Å². The van der Waals surface area contributed by atoms with Gasteiger partial charge in [-0.2, -0.15) is 0 Å². The number of ketones is 1. The summed E-state index contributed by atoms with van der Waals surface area (Å²) in [6.07, 6.45) is 6.94. The number of carbonyl (C=O) groups excluding carboxylic acids is 1. The van der Waals surface area contributed by atoms with Gasteiger partial charge in [0.15, 0.2) is 0 Å². The molecular weight excluding hydrogens is 338 g/mol. The summed E-state index contributed by atoms with van der Waals surface area (Å²) < 4.78 is 11.6. The number of ether oxygens (including phenoxy) is 2. The molecule has 0 amide bonds. The largest absolute Gasteiger partial charge is 0.493 e. The van der Waals surface area contributed by atoms with Crippen LogP contribution in [0.4, 0.5) is 0 Å². The highest BCUT2D eigenvalue weighted by molar-refractivity contribution is 5.79. The average Bonchev–Trinajstić information content (AvgIpc) is 2.97. The van der Waals surface area contributed by atoms with Crippen LogP contribution in [0.3, 0.4) is 0 Å². The number of fused-ring (bicyclic) bond motifs is 1. The molecule has 0 aromatic heterocycles. The summed E-state index contributed by atoms with van der Waals surface area (Å²) in [6.45, 7) is 6.67. The van der Waals surface area contributed by atoms with E-state index in [1.54, 1.807) is 6.92 Å². The van der Waals surface area contributed by atoms with E-state index in [0.717, 1.165) is 44.8 Å². The maximum Gasteiger partial charge on any atom is 0.133 e. The molecule has 2 aliphatic carbocycles. The number of rotatable bonds is 5. The van der Waals surface area contributed by atoms with Gasteiger partial charge in [-0.1, -0.05) is 6.07 Å². The van der Waals surface area contributed by atoms with Crippen LogP contribution >= 0.6 is 0 Å². The highest BCUT2D eigenvalue weighted by Crippen LogP contribution is 2.48. The van der Waals surface area contributed by atoms with Crippen LogP contribution < -0.4 is 4.74 Å². The molecule has 2 saturated heterocycles. The fourth-order valence-electron chi connectivity index (χ4n) is 5.57. The quantitative estimate of drug-likeness (QED) is 0.799. The maximum atomic E-state index is 11.4. The summed E-state index contributed by atoms with van der Waals surface area (Å²) in [5.74, 6) is 2.28. The fraction of sp³-hybridized carbons (Fsp3) is 0.696. The Kier molecular flexibility index (Phi) is 4.52. The van der Waals surface area contributed by atoms with Gasteiger partial charge in [-0.15, -0.1) is 0 Å². The molecule has 2 heterocycles. The topological polar surface area (TPSA) is 38.8 Å². The van der Waals surface area contributed by atoms with Crippen LogP contribution in [0.1, 0.15) is 43.7 Å². The minimum atomic E-state index is 0.335. The van der Waals surface area contributed by atoms with Crippen LogP contribution in [0.5, 0.6) is 5.75 Å². The third kappa shape index (κ3) is 3.42. The summed E-state index contributed by atoms with van der Waals surface area (Å²) >= 11 is 0. The number of likely N-dealkylation sites (tertiary alicyclic amines) is 1. The van der Waals surface area contributed by atoms with Crippen molar-refractivity contribution in [1.82, 2.24) is 4.90 Å². The summed E-state index contributed by atoms with van der Waals surface area (Å²) in [7, 11) is 0. The highest BCUT2D eigenvalue weighted by atomic mass is 16.5.